The molecule has 2 bridgehead atoms. The number of aryl methyl sites for hydroxylation is 2. The van der Waals surface area contributed by atoms with Crippen LogP contribution in [0.1, 0.15) is 56.1 Å². The molecule has 2 unspecified atom stereocenters. The molecular formula is C20H29N3O3S. The zero-order chi connectivity index (χ0) is 18.9. The average molecular weight is 392 g/mol. The first-order valence-electron chi connectivity index (χ1n) is 10.2. The fourth-order valence-corrected chi connectivity index (χ4v) is 5.82. The molecule has 1 aromatic rings. The highest BCUT2D eigenvalue weighted by atomic mass is 32.2. The van der Waals surface area contributed by atoms with Gasteiger partial charge in [0.15, 0.2) is 0 Å². The van der Waals surface area contributed by atoms with Gasteiger partial charge in [-0.3, -0.25) is 4.79 Å². The van der Waals surface area contributed by atoms with Crippen LogP contribution in [0.15, 0.2) is 23.1 Å². The van der Waals surface area contributed by atoms with E-state index in [2.05, 4.69) is 15.4 Å². The van der Waals surface area contributed by atoms with Crippen LogP contribution in [0.25, 0.3) is 0 Å². The van der Waals surface area contributed by atoms with Crippen LogP contribution in [0.4, 0.5) is 0 Å². The minimum atomic E-state index is -3.57. The van der Waals surface area contributed by atoms with Crippen LogP contribution in [0, 0.1) is 0 Å². The highest BCUT2D eigenvalue weighted by Crippen LogP contribution is 2.27. The molecule has 7 heteroatoms. The first-order valence-corrected chi connectivity index (χ1v) is 11.6. The Hall–Kier alpha value is -1.44. The Morgan fingerprint density at radius 2 is 1.78 bits per heavy atom. The van der Waals surface area contributed by atoms with E-state index in [9.17, 15) is 13.2 Å². The van der Waals surface area contributed by atoms with Gasteiger partial charge in [0.05, 0.1) is 4.90 Å². The van der Waals surface area contributed by atoms with Crippen LogP contribution in [0.3, 0.4) is 0 Å². The first-order chi connectivity index (χ1) is 13.0. The van der Waals surface area contributed by atoms with Gasteiger partial charge in [0, 0.05) is 31.1 Å². The molecule has 6 nitrogen and oxygen atoms in total. The van der Waals surface area contributed by atoms with E-state index in [0.717, 1.165) is 37.7 Å². The number of hydrogen-bond acceptors (Lipinski definition) is 4. The van der Waals surface area contributed by atoms with E-state index in [1.54, 1.807) is 12.1 Å². The lowest BCUT2D eigenvalue weighted by Crippen LogP contribution is -2.48. The summed E-state index contributed by atoms with van der Waals surface area (Å²) in [6, 6.07) is 6.67. The molecular weight excluding hydrogens is 362 g/mol. The summed E-state index contributed by atoms with van der Waals surface area (Å²) in [6.07, 6.45) is 8.76. The second-order valence-corrected chi connectivity index (χ2v) is 9.93. The summed E-state index contributed by atoms with van der Waals surface area (Å²) < 4.78 is 27.6. The van der Waals surface area contributed by atoms with Gasteiger partial charge in [-0.2, -0.15) is 0 Å². The van der Waals surface area contributed by atoms with Gasteiger partial charge in [-0.25, -0.2) is 13.1 Å². The largest absolute Gasteiger partial charge is 0.353 e. The number of benzene rings is 1. The summed E-state index contributed by atoms with van der Waals surface area (Å²) in [4.78, 5) is 12.5. The lowest BCUT2D eigenvalue weighted by Gasteiger charge is -2.29. The Bertz CT molecular complexity index is 797. The maximum atomic E-state index is 12.5. The predicted molar refractivity (Wildman–Crippen MR) is 104 cm³/mol. The molecule has 0 aromatic heterocycles. The van der Waals surface area contributed by atoms with Crippen molar-refractivity contribution in [1.29, 1.82) is 0 Å². The lowest BCUT2D eigenvalue weighted by atomic mass is 9.92. The van der Waals surface area contributed by atoms with Crippen LogP contribution < -0.4 is 15.4 Å². The number of fused-ring (bicyclic) bond motifs is 3. The third kappa shape index (κ3) is 4.52. The minimum Gasteiger partial charge on any atom is -0.353 e. The Kier molecular flexibility index (Phi) is 5.53. The summed E-state index contributed by atoms with van der Waals surface area (Å²) >= 11 is 0. The first kappa shape index (κ1) is 18.9. The standard InChI is InChI=1S/C20H29N3O3S/c24-20(23-18-12-16-6-7-17(13-18)22-16)9-10-21-27(25,26)19-8-5-14-3-1-2-4-15(14)11-19/h5,8,11,16-18,21-22H,1-4,6-7,9-10,12-13H2,(H,23,24). The predicted octanol–water partition coefficient (Wildman–Crippen LogP) is 1.63. The summed E-state index contributed by atoms with van der Waals surface area (Å²) in [7, 11) is -3.57. The van der Waals surface area contributed by atoms with Gasteiger partial charge >= 0.3 is 0 Å². The molecule has 2 aliphatic heterocycles. The van der Waals surface area contributed by atoms with Gasteiger partial charge in [-0.05, 0) is 74.6 Å². The van der Waals surface area contributed by atoms with Crippen LogP contribution in [-0.2, 0) is 27.7 Å². The van der Waals surface area contributed by atoms with Crippen molar-refractivity contribution in [2.24, 2.45) is 0 Å². The maximum Gasteiger partial charge on any atom is 0.240 e. The van der Waals surface area contributed by atoms with Gasteiger partial charge in [-0.1, -0.05) is 6.07 Å². The average Bonchev–Trinajstić information content (AvgIpc) is 2.99. The van der Waals surface area contributed by atoms with Crippen molar-refractivity contribution in [3.05, 3.63) is 29.3 Å². The summed E-state index contributed by atoms with van der Waals surface area (Å²) in [5, 5.41) is 6.63. The van der Waals surface area contributed by atoms with Crippen molar-refractivity contribution in [3.8, 4) is 0 Å². The molecule has 0 saturated carbocycles. The van der Waals surface area contributed by atoms with E-state index in [1.807, 2.05) is 6.07 Å². The van der Waals surface area contributed by atoms with Crippen molar-refractivity contribution in [2.75, 3.05) is 6.54 Å². The normalized spacial score (nSPS) is 27.2. The fraction of sp³-hybridized carbons (Fsp3) is 0.650. The van der Waals surface area contributed by atoms with E-state index in [-0.39, 0.29) is 24.9 Å². The van der Waals surface area contributed by atoms with Gasteiger partial charge in [-0.15, -0.1) is 0 Å². The van der Waals surface area contributed by atoms with Gasteiger partial charge in [0.1, 0.15) is 0 Å². The zero-order valence-corrected chi connectivity index (χ0v) is 16.5. The number of carbonyl (C=O) groups excluding carboxylic acids is 1. The molecule has 148 valence electrons. The van der Waals surface area contributed by atoms with E-state index < -0.39 is 10.0 Å². The second-order valence-electron chi connectivity index (χ2n) is 8.16. The van der Waals surface area contributed by atoms with E-state index in [1.165, 1.54) is 24.8 Å². The molecule has 2 saturated heterocycles. The number of piperidine rings is 1. The molecule has 0 radical (unpaired) electrons. The monoisotopic (exact) mass is 391 g/mol. The number of nitrogens with one attached hydrogen (secondary N) is 3. The van der Waals surface area contributed by atoms with Gasteiger partial charge < -0.3 is 10.6 Å². The topological polar surface area (TPSA) is 87.3 Å². The van der Waals surface area contributed by atoms with Crippen LogP contribution in [-0.4, -0.2) is 39.0 Å². The fourth-order valence-electron chi connectivity index (χ4n) is 4.73. The smallest absolute Gasteiger partial charge is 0.240 e. The lowest BCUT2D eigenvalue weighted by molar-refractivity contribution is -0.121. The molecule has 4 rings (SSSR count). The van der Waals surface area contributed by atoms with Crippen LogP contribution in [0.5, 0.6) is 0 Å². The Morgan fingerprint density at radius 3 is 2.52 bits per heavy atom. The molecule has 1 amide bonds. The highest BCUT2D eigenvalue weighted by Gasteiger charge is 2.33. The second kappa shape index (κ2) is 7.89. The Balaban J connectivity index is 1.27. The number of amides is 1. The third-order valence-electron chi connectivity index (χ3n) is 6.11. The molecule has 0 spiro atoms. The summed E-state index contributed by atoms with van der Waals surface area (Å²) in [5.74, 6) is -0.0746. The number of rotatable bonds is 6. The van der Waals surface area contributed by atoms with Gasteiger partial charge in [0.2, 0.25) is 15.9 Å². The molecule has 1 aliphatic carbocycles. The van der Waals surface area contributed by atoms with Crippen molar-refractivity contribution in [2.45, 2.75) is 80.8 Å². The molecule has 2 atom stereocenters. The molecule has 1 aromatic carbocycles. The number of hydrogen-bond donors (Lipinski definition) is 3. The van der Waals surface area contributed by atoms with Crippen molar-refractivity contribution in [3.63, 3.8) is 0 Å². The number of sulfonamides is 1. The van der Waals surface area contributed by atoms with Crippen LogP contribution >= 0.6 is 0 Å². The van der Waals surface area contributed by atoms with Crippen molar-refractivity contribution < 1.29 is 13.2 Å². The minimum absolute atomic E-state index is 0.0746. The molecule has 2 fully saturated rings. The Labute approximate surface area is 161 Å². The molecule has 3 aliphatic rings. The number of carbonyl (C=O) groups is 1. The summed E-state index contributed by atoms with van der Waals surface area (Å²) in [6.45, 7) is 0.128. The Morgan fingerprint density at radius 1 is 1.07 bits per heavy atom. The highest BCUT2D eigenvalue weighted by molar-refractivity contribution is 7.89. The summed E-state index contributed by atoms with van der Waals surface area (Å²) in [5.41, 5.74) is 2.40. The maximum absolute atomic E-state index is 12.5. The van der Waals surface area contributed by atoms with Crippen molar-refractivity contribution in [1.82, 2.24) is 15.4 Å². The third-order valence-corrected chi connectivity index (χ3v) is 7.57. The van der Waals surface area contributed by atoms with Crippen molar-refractivity contribution >= 4 is 15.9 Å². The molecule has 3 N–H and O–H groups in total. The van der Waals surface area contributed by atoms with Gasteiger partial charge in [0.25, 0.3) is 0 Å². The molecule has 2 heterocycles. The molecule has 27 heavy (non-hydrogen) atoms. The zero-order valence-electron chi connectivity index (χ0n) is 15.7. The van der Waals surface area contributed by atoms with E-state index in [0.29, 0.717) is 17.0 Å². The van der Waals surface area contributed by atoms with Crippen LogP contribution in [0.2, 0.25) is 0 Å². The van der Waals surface area contributed by atoms with E-state index >= 15 is 0 Å². The quantitative estimate of drug-likeness (QED) is 0.688. The van der Waals surface area contributed by atoms with E-state index in [4.69, 9.17) is 0 Å². The SMILES string of the molecule is O=C(CCNS(=O)(=O)c1ccc2c(c1)CCCC2)NC1CC2CCC(C1)N2.